The lowest BCUT2D eigenvalue weighted by atomic mass is 10.3. The largest absolute Gasteiger partial charge is 0.326 e. The van der Waals surface area contributed by atoms with Gasteiger partial charge in [-0.2, -0.15) is 0 Å². The second-order valence-electron chi connectivity index (χ2n) is 2.84. The van der Waals surface area contributed by atoms with Crippen LogP contribution in [0.1, 0.15) is 13.8 Å². The molecule has 0 saturated heterocycles. The first kappa shape index (κ1) is 10.9. The predicted octanol–water partition coefficient (Wildman–Crippen LogP) is 1.77. The van der Waals surface area contributed by atoms with Crippen LogP contribution in [0.25, 0.3) is 0 Å². The number of nitrogens with one attached hydrogen (secondary N) is 1. The second-order valence-corrected chi connectivity index (χ2v) is 4.58. The second kappa shape index (κ2) is 4.91. The lowest BCUT2D eigenvalue weighted by Gasteiger charge is -2.03. The summed E-state index contributed by atoms with van der Waals surface area (Å²) in [4.78, 5) is 11.5. The Bertz CT molecular complexity index is 346. The van der Waals surface area contributed by atoms with Crippen LogP contribution in [0.2, 0.25) is 0 Å². The van der Waals surface area contributed by atoms with Gasteiger partial charge in [0.25, 0.3) is 0 Å². The van der Waals surface area contributed by atoms with Gasteiger partial charge in [0.2, 0.25) is 5.91 Å². The molecule has 0 aromatic heterocycles. The molecule has 1 unspecified atom stereocenters. The molecule has 14 heavy (non-hydrogen) atoms. The van der Waals surface area contributed by atoms with Gasteiger partial charge < -0.3 is 5.32 Å². The van der Waals surface area contributed by atoms with E-state index in [0.29, 0.717) is 5.75 Å². The summed E-state index contributed by atoms with van der Waals surface area (Å²) in [5.41, 5.74) is 0.731. The Labute approximate surface area is 86.0 Å². The molecule has 1 aromatic carbocycles. The van der Waals surface area contributed by atoms with E-state index in [2.05, 4.69) is 5.32 Å². The minimum atomic E-state index is -0.924. The molecule has 1 amide bonds. The zero-order valence-corrected chi connectivity index (χ0v) is 9.06. The zero-order chi connectivity index (χ0) is 10.6. The Hall–Kier alpha value is -1.16. The smallest absolute Gasteiger partial charge is 0.221 e. The Morgan fingerprint density at radius 2 is 1.93 bits per heavy atom. The molecule has 0 radical (unpaired) electrons. The fourth-order valence-electron chi connectivity index (χ4n) is 1.06. The van der Waals surface area contributed by atoms with Crippen molar-refractivity contribution in [2.75, 3.05) is 11.1 Å². The third-order valence-electron chi connectivity index (χ3n) is 1.70. The summed E-state index contributed by atoms with van der Waals surface area (Å²) < 4.78 is 11.4. The molecule has 1 N–H and O–H groups in total. The highest BCUT2D eigenvalue weighted by atomic mass is 32.2. The standard InChI is InChI=1S/C10H13NO2S/c1-3-14(13)10-6-4-9(5-7-10)11-8(2)12/h4-7H,3H2,1-2H3,(H,11,12). The Kier molecular flexibility index (Phi) is 3.83. The number of anilines is 1. The van der Waals surface area contributed by atoms with E-state index in [0.717, 1.165) is 10.6 Å². The SMILES string of the molecule is CCS(=O)c1ccc(NC(C)=O)cc1. The minimum Gasteiger partial charge on any atom is -0.326 e. The summed E-state index contributed by atoms with van der Waals surface area (Å²) >= 11 is 0. The summed E-state index contributed by atoms with van der Waals surface area (Å²) in [7, 11) is -0.924. The molecule has 0 spiro atoms. The normalized spacial score (nSPS) is 12.1. The van der Waals surface area contributed by atoms with Crippen LogP contribution in [0.4, 0.5) is 5.69 Å². The molecule has 0 saturated carbocycles. The van der Waals surface area contributed by atoms with Crippen LogP contribution in [0.5, 0.6) is 0 Å². The molecular formula is C10H13NO2S. The van der Waals surface area contributed by atoms with E-state index in [4.69, 9.17) is 0 Å². The summed E-state index contributed by atoms with van der Waals surface area (Å²) in [6.45, 7) is 3.33. The van der Waals surface area contributed by atoms with Gasteiger partial charge in [-0.05, 0) is 24.3 Å². The molecule has 0 heterocycles. The fourth-order valence-corrected chi connectivity index (χ4v) is 1.83. The summed E-state index contributed by atoms with van der Waals surface area (Å²) in [6, 6.07) is 7.05. The number of carbonyl (C=O) groups excluding carboxylic acids is 1. The fraction of sp³-hybridized carbons (Fsp3) is 0.300. The average molecular weight is 211 g/mol. The molecular weight excluding hydrogens is 198 g/mol. The first-order chi connectivity index (χ1) is 6.63. The van der Waals surface area contributed by atoms with Gasteiger partial charge in [-0.15, -0.1) is 0 Å². The van der Waals surface area contributed by atoms with E-state index < -0.39 is 10.8 Å². The number of amides is 1. The monoisotopic (exact) mass is 211 g/mol. The predicted molar refractivity (Wildman–Crippen MR) is 57.7 cm³/mol. The minimum absolute atomic E-state index is 0.102. The van der Waals surface area contributed by atoms with E-state index in [1.54, 1.807) is 24.3 Å². The maximum atomic E-state index is 11.4. The van der Waals surface area contributed by atoms with E-state index in [1.165, 1.54) is 6.92 Å². The van der Waals surface area contributed by atoms with Crippen LogP contribution in [0.3, 0.4) is 0 Å². The van der Waals surface area contributed by atoms with Crippen LogP contribution < -0.4 is 5.32 Å². The van der Waals surface area contributed by atoms with Gasteiger partial charge in [-0.25, -0.2) is 0 Å². The van der Waals surface area contributed by atoms with Gasteiger partial charge in [-0.1, -0.05) is 6.92 Å². The van der Waals surface area contributed by atoms with Crippen molar-refractivity contribution in [3.8, 4) is 0 Å². The van der Waals surface area contributed by atoms with Gasteiger partial charge in [-0.3, -0.25) is 9.00 Å². The van der Waals surface area contributed by atoms with Crippen LogP contribution in [-0.4, -0.2) is 15.9 Å². The van der Waals surface area contributed by atoms with Gasteiger partial charge in [0, 0.05) is 23.3 Å². The Morgan fingerprint density at radius 1 is 1.36 bits per heavy atom. The molecule has 1 rings (SSSR count). The van der Waals surface area contributed by atoms with E-state index >= 15 is 0 Å². The third-order valence-corrected chi connectivity index (χ3v) is 3.02. The first-order valence-corrected chi connectivity index (χ1v) is 5.71. The molecule has 3 nitrogen and oxygen atoms in total. The first-order valence-electron chi connectivity index (χ1n) is 4.39. The van der Waals surface area contributed by atoms with Crippen molar-refractivity contribution in [3.63, 3.8) is 0 Å². The van der Waals surface area contributed by atoms with E-state index in [9.17, 15) is 9.00 Å². The number of carbonyl (C=O) groups is 1. The highest BCUT2D eigenvalue weighted by molar-refractivity contribution is 7.85. The van der Waals surface area contributed by atoms with Crippen LogP contribution >= 0.6 is 0 Å². The maximum absolute atomic E-state index is 11.4. The van der Waals surface area contributed by atoms with Crippen LogP contribution in [0, 0.1) is 0 Å². The molecule has 0 fully saturated rings. The topological polar surface area (TPSA) is 46.2 Å². The summed E-state index contributed by atoms with van der Waals surface area (Å²) in [5, 5.41) is 2.65. The van der Waals surface area contributed by atoms with Crippen molar-refractivity contribution in [2.45, 2.75) is 18.7 Å². The Balaban J connectivity index is 2.78. The van der Waals surface area contributed by atoms with Crippen molar-refractivity contribution in [1.29, 1.82) is 0 Å². The van der Waals surface area contributed by atoms with Gasteiger partial charge in [0.15, 0.2) is 0 Å². The lowest BCUT2D eigenvalue weighted by Crippen LogP contribution is -2.05. The van der Waals surface area contributed by atoms with Crippen LogP contribution in [0.15, 0.2) is 29.2 Å². The molecule has 0 bridgehead atoms. The quantitative estimate of drug-likeness (QED) is 0.828. The summed E-state index contributed by atoms with van der Waals surface area (Å²) in [6.07, 6.45) is 0. The lowest BCUT2D eigenvalue weighted by molar-refractivity contribution is -0.114. The third kappa shape index (κ3) is 2.96. The van der Waals surface area contributed by atoms with Crippen molar-refractivity contribution >= 4 is 22.4 Å². The molecule has 0 aliphatic heterocycles. The molecule has 1 atom stereocenters. The number of hydrogen-bond donors (Lipinski definition) is 1. The van der Waals surface area contributed by atoms with E-state index in [-0.39, 0.29) is 5.91 Å². The number of hydrogen-bond acceptors (Lipinski definition) is 2. The van der Waals surface area contributed by atoms with Crippen molar-refractivity contribution < 1.29 is 9.00 Å². The number of rotatable bonds is 3. The van der Waals surface area contributed by atoms with Crippen molar-refractivity contribution in [3.05, 3.63) is 24.3 Å². The molecule has 0 aliphatic rings. The van der Waals surface area contributed by atoms with Crippen molar-refractivity contribution in [2.24, 2.45) is 0 Å². The highest BCUT2D eigenvalue weighted by Crippen LogP contribution is 2.12. The maximum Gasteiger partial charge on any atom is 0.221 e. The Morgan fingerprint density at radius 3 is 2.36 bits per heavy atom. The van der Waals surface area contributed by atoms with Crippen LogP contribution in [-0.2, 0) is 15.6 Å². The highest BCUT2D eigenvalue weighted by Gasteiger charge is 2.00. The van der Waals surface area contributed by atoms with E-state index in [1.807, 2.05) is 6.92 Å². The van der Waals surface area contributed by atoms with Gasteiger partial charge >= 0.3 is 0 Å². The average Bonchev–Trinajstić information content (AvgIpc) is 2.17. The van der Waals surface area contributed by atoms with Gasteiger partial charge in [0.05, 0.1) is 10.8 Å². The molecule has 4 heteroatoms. The number of benzene rings is 1. The summed E-state index contributed by atoms with van der Waals surface area (Å²) in [5.74, 6) is 0.508. The van der Waals surface area contributed by atoms with Crippen molar-refractivity contribution in [1.82, 2.24) is 0 Å². The molecule has 76 valence electrons. The molecule has 0 aliphatic carbocycles. The molecule has 1 aromatic rings. The van der Waals surface area contributed by atoms with Gasteiger partial charge in [0.1, 0.15) is 0 Å². The zero-order valence-electron chi connectivity index (χ0n) is 8.24.